The number of rotatable bonds is 7. The van der Waals surface area contributed by atoms with Crippen molar-refractivity contribution < 1.29 is 4.79 Å². The SMILES string of the molecule is CCCCc1nc(S[C@@H](C)C(=O)Nc2cccc(Cl)c2)n[nH]1. The molecular weight excluding hydrogens is 320 g/mol. The van der Waals surface area contributed by atoms with Gasteiger partial charge in [-0.05, 0) is 31.5 Å². The minimum atomic E-state index is -0.297. The largest absolute Gasteiger partial charge is 0.325 e. The van der Waals surface area contributed by atoms with Gasteiger partial charge in [0.1, 0.15) is 5.82 Å². The predicted octanol–water partition coefficient (Wildman–Crippen LogP) is 3.92. The molecule has 0 fully saturated rings. The summed E-state index contributed by atoms with van der Waals surface area (Å²) in [6.45, 7) is 3.96. The number of carbonyl (C=O) groups excluding carboxylic acids is 1. The molecule has 0 radical (unpaired) electrons. The summed E-state index contributed by atoms with van der Waals surface area (Å²) in [5.74, 6) is 0.763. The quantitative estimate of drug-likeness (QED) is 0.751. The van der Waals surface area contributed by atoms with E-state index in [0.717, 1.165) is 25.1 Å². The summed E-state index contributed by atoms with van der Waals surface area (Å²) in [7, 11) is 0. The molecule has 1 amide bonds. The average molecular weight is 339 g/mol. The number of halogens is 1. The fourth-order valence-corrected chi connectivity index (χ4v) is 2.74. The van der Waals surface area contributed by atoms with Crippen molar-refractivity contribution in [1.29, 1.82) is 0 Å². The van der Waals surface area contributed by atoms with Gasteiger partial charge in [-0.1, -0.05) is 42.8 Å². The van der Waals surface area contributed by atoms with Crippen molar-refractivity contribution in [3.05, 3.63) is 35.1 Å². The van der Waals surface area contributed by atoms with E-state index in [1.54, 1.807) is 24.3 Å². The Labute approximate surface area is 139 Å². The van der Waals surface area contributed by atoms with Gasteiger partial charge in [0.05, 0.1) is 5.25 Å². The number of anilines is 1. The molecular formula is C15H19ClN4OS. The van der Waals surface area contributed by atoms with Crippen molar-refractivity contribution >= 4 is 35.0 Å². The van der Waals surface area contributed by atoms with Gasteiger partial charge in [-0.15, -0.1) is 5.10 Å². The normalized spacial score (nSPS) is 12.1. The summed E-state index contributed by atoms with van der Waals surface area (Å²) in [6, 6.07) is 7.08. The second-order valence-corrected chi connectivity index (χ2v) is 6.67. The van der Waals surface area contributed by atoms with Crippen LogP contribution in [0.25, 0.3) is 0 Å². The number of hydrogen-bond acceptors (Lipinski definition) is 4. The first kappa shape index (κ1) is 16.8. The smallest absolute Gasteiger partial charge is 0.237 e. The standard InChI is InChI=1S/C15H19ClN4OS/c1-3-4-8-13-18-15(20-19-13)22-10(2)14(21)17-12-7-5-6-11(16)9-12/h5-7,9-10H,3-4,8H2,1-2H3,(H,17,21)(H,18,19,20)/t10-/m0/s1. The summed E-state index contributed by atoms with van der Waals surface area (Å²) < 4.78 is 0. The molecule has 5 nitrogen and oxygen atoms in total. The molecule has 2 N–H and O–H groups in total. The lowest BCUT2D eigenvalue weighted by molar-refractivity contribution is -0.115. The van der Waals surface area contributed by atoms with E-state index in [4.69, 9.17) is 11.6 Å². The second-order valence-electron chi connectivity index (χ2n) is 4.93. The number of benzene rings is 1. The Hall–Kier alpha value is -1.53. The van der Waals surface area contributed by atoms with E-state index < -0.39 is 0 Å². The maximum Gasteiger partial charge on any atom is 0.237 e. The zero-order valence-electron chi connectivity index (χ0n) is 12.6. The number of carbonyl (C=O) groups is 1. The van der Waals surface area contributed by atoms with Crippen LogP contribution in [0.2, 0.25) is 5.02 Å². The highest BCUT2D eigenvalue weighted by Crippen LogP contribution is 2.22. The van der Waals surface area contributed by atoms with E-state index >= 15 is 0 Å². The van der Waals surface area contributed by atoms with Gasteiger partial charge in [0.25, 0.3) is 0 Å². The Morgan fingerprint density at radius 3 is 3.05 bits per heavy atom. The molecule has 118 valence electrons. The first-order valence-electron chi connectivity index (χ1n) is 7.23. The van der Waals surface area contributed by atoms with Crippen molar-refractivity contribution in [2.24, 2.45) is 0 Å². The number of aromatic nitrogens is 3. The summed E-state index contributed by atoms with van der Waals surface area (Å²) >= 11 is 7.23. The van der Waals surface area contributed by atoms with Crippen molar-refractivity contribution in [2.75, 3.05) is 5.32 Å². The van der Waals surface area contributed by atoms with Crippen molar-refractivity contribution in [1.82, 2.24) is 15.2 Å². The number of nitrogens with one attached hydrogen (secondary N) is 2. The number of unbranched alkanes of at least 4 members (excludes halogenated alkanes) is 1. The Morgan fingerprint density at radius 1 is 1.50 bits per heavy atom. The molecule has 2 aromatic rings. The Morgan fingerprint density at radius 2 is 2.32 bits per heavy atom. The van der Waals surface area contributed by atoms with Crippen LogP contribution in [-0.2, 0) is 11.2 Å². The van der Waals surface area contributed by atoms with Gasteiger partial charge in [-0.3, -0.25) is 9.89 Å². The highest BCUT2D eigenvalue weighted by molar-refractivity contribution is 8.00. The predicted molar refractivity (Wildman–Crippen MR) is 90.4 cm³/mol. The first-order chi connectivity index (χ1) is 10.6. The summed E-state index contributed by atoms with van der Waals surface area (Å²) in [4.78, 5) is 16.6. The van der Waals surface area contributed by atoms with Crippen LogP contribution in [0.1, 0.15) is 32.5 Å². The molecule has 0 aliphatic rings. The zero-order chi connectivity index (χ0) is 15.9. The number of hydrogen-bond donors (Lipinski definition) is 2. The lowest BCUT2D eigenvalue weighted by atomic mass is 10.2. The molecule has 1 aromatic carbocycles. The van der Waals surface area contributed by atoms with Crippen LogP contribution < -0.4 is 5.32 Å². The van der Waals surface area contributed by atoms with Gasteiger partial charge in [-0.2, -0.15) is 0 Å². The van der Waals surface area contributed by atoms with Crippen LogP contribution in [0.15, 0.2) is 29.4 Å². The zero-order valence-corrected chi connectivity index (χ0v) is 14.2. The molecule has 0 aliphatic carbocycles. The lowest BCUT2D eigenvalue weighted by Crippen LogP contribution is -2.22. The molecule has 7 heteroatoms. The molecule has 0 saturated heterocycles. The van der Waals surface area contributed by atoms with Crippen LogP contribution in [-0.4, -0.2) is 26.3 Å². The fraction of sp³-hybridized carbons (Fsp3) is 0.400. The maximum absolute atomic E-state index is 12.2. The summed E-state index contributed by atoms with van der Waals surface area (Å²) in [5, 5.41) is 10.8. The van der Waals surface area contributed by atoms with Crippen molar-refractivity contribution in [3.8, 4) is 0 Å². The Bertz CT molecular complexity index is 632. The average Bonchev–Trinajstić information content (AvgIpc) is 2.92. The molecule has 0 saturated carbocycles. The number of H-pyrrole nitrogens is 1. The molecule has 2 rings (SSSR count). The lowest BCUT2D eigenvalue weighted by Gasteiger charge is -2.10. The van der Waals surface area contributed by atoms with E-state index in [0.29, 0.717) is 15.9 Å². The van der Waals surface area contributed by atoms with Gasteiger partial charge in [0, 0.05) is 17.1 Å². The van der Waals surface area contributed by atoms with Gasteiger partial charge in [0.2, 0.25) is 11.1 Å². The van der Waals surface area contributed by atoms with E-state index in [9.17, 15) is 4.79 Å². The molecule has 0 aliphatic heterocycles. The van der Waals surface area contributed by atoms with Gasteiger partial charge >= 0.3 is 0 Å². The van der Waals surface area contributed by atoms with Crippen molar-refractivity contribution in [3.63, 3.8) is 0 Å². The van der Waals surface area contributed by atoms with E-state index in [1.807, 2.05) is 6.92 Å². The fourth-order valence-electron chi connectivity index (χ4n) is 1.81. The molecule has 1 aromatic heterocycles. The van der Waals surface area contributed by atoms with E-state index in [1.165, 1.54) is 11.8 Å². The third kappa shape index (κ3) is 5.03. The molecule has 0 bridgehead atoms. The number of nitrogens with zero attached hydrogens (tertiary/aromatic N) is 2. The van der Waals surface area contributed by atoms with Gasteiger partial charge in [0.15, 0.2) is 0 Å². The molecule has 1 atom stereocenters. The van der Waals surface area contributed by atoms with Crippen LogP contribution >= 0.6 is 23.4 Å². The number of amides is 1. The third-order valence-corrected chi connectivity index (χ3v) is 4.22. The number of thioether (sulfide) groups is 1. The molecule has 22 heavy (non-hydrogen) atoms. The minimum Gasteiger partial charge on any atom is -0.325 e. The number of aryl methyl sites for hydroxylation is 1. The Balaban J connectivity index is 1.89. The van der Waals surface area contributed by atoms with E-state index in [2.05, 4.69) is 27.4 Å². The molecule has 1 heterocycles. The van der Waals surface area contributed by atoms with Gasteiger partial charge < -0.3 is 5.32 Å². The third-order valence-electron chi connectivity index (χ3n) is 3.02. The van der Waals surface area contributed by atoms with Crippen LogP contribution in [0.5, 0.6) is 0 Å². The molecule has 0 unspecified atom stereocenters. The molecule has 0 spiro atoms. The minimum absolute atomic E-state index is 0.104. The topological polar surface area (TPSA) is 70.7 Å². The van der Waals surface area contributed by atoms with Crippen LogP contribution in [0, 0.1) is 0 Å². The van der Waals surface area contributed by atoms with Crippen molar-refractivity contribution in [2.45, 2.75) is 43.5 Å². The first-order valence-corrected chi connectivity index (χ1v) is 8.48. The van der Waals surface area contributed by atoms with Gasteiger partial charge in [-0.25, -0.2) is 4.98 Å². The maximum atomic E-state index is 12.2. The monoisotopic (exact) mass is 338 g/mol. The van der Waals surface area contributed by atoms with Crippen LogP contribution in [0.3, 0.4) is 0 Å². The highest BCUT2D eigenvalue weighted by atomic mass is 35.5. The highest BCUT2D eigenvalue weighted by Gasteiger charge is 2.17. The Kier molecular flexibility index (Phi) is 6.27. The summed E-state index contributed by atoms with van der Waals surface area (Å²) in [6.07, 6.45) is 3.07. The van der Waals surface area contributed by atoms with Crippen LogP contribution in [0.4, 0.5) is 5.69 Å². The number of aromatic amines is 1. The van der Waals surface area contributed by atoms with E-state index in [-0.39, 0.29) is 11.2 Å². The summed E-state index contributed by atoms with van der Waals surface area (Å²) in [5.41, 5.74) is 0.684. The second kappa shape index (κ2) is 8.19.